The number of nitrogens with zero attached hydrogens (tertiary/aromatic N) is 2. The highest BCUT2D eigenvalue weighted by Crippen LogP contribution is 2.28. The molecular weight excluding hydrogens is 354 g/mol. The third-order valence-electron chi connectivity index (χ3n) is 5.40. The number of anilines is 2. The number of hydrogen-bond donors (Lipinski definition) is 1. The van der Waals surface area contributed by atoms with Gasteiger partial charge in [-0.25, -0.2) is 9.97 Å². The van der Waals surface area contributed by atoms with E-state index in [0.717, 1.165) is 40.2 Å². The maximum Gasteiger partial charge on any atom is 0.162 e. The first kappa shape index (κ1) is 19.1. The average molecular weight is 382 g/mol. The molecule has 0 unspecified atom stereocenters. The van der Waals surface area contributed by atoms with E-state index >= 15 is 0 Å². The number of hydrogen-bond acceptors (Lipinski definition) is 3. The molecule has 146 valence electrons. The third-order valence-corrected chi connectivity index (χ3v) is 5.40. The number of nitrogens with one attached hydrogen (secondary N) is 1. The lowest BCUT2D eigenvalue weighted by atomic mass is 10.1. The molecule has 1 heterocycles. The van der Waals surface area contributed by atoms with E-state index in [-0.39, 0.29) is 0 Å². The minimum Gasteiger partial charge on any atom is -0.340 e. The van der Waals surface area contributed by atoms with Crippen LogP contribution >= 0.6 is 0 Å². The fraction of sp³-hybridized carbons (Fsp3) is 0.231. The maximum absolute atomic E-state index is 4.89. The fourth-order valence-corrected chi connectivity index (χ4v) is 3.46. The number of aromatic nitrogens is 2. The zero-order valence-corrected chi connectivity index (χ0v) is 17.4. The van der Waals surface area contributed by atoms with Gasteiger partial charge in [0, 0.05) is 16.6 Å². The molecule has 3 nitrogen and oxygen atoms in total. The highest BCUT2D eigenvalue weighted by Gasteiger charge is 2.10. The van der Waals surface area contributed by atoms with Gasteiger partial charge in [0.25, 0.3) is 0 Å². The number of para-hydroxylation sites is 1. The second-order valence-electron chi connectivity index (χ2n) is 7.64. The predicted octanol–water partition coefficient (Wildman–Crippen LogP) is 7.00. The van der Waals surface area contributed by atoms with E-state index in [1.807, 2.05) is 18.2 Å². The monoisotopic (exact) mass is 381 g/mol. The third kappa shape index (κ3) is 4.29. The molecule has 29 heavy (non-hydrogen) atoms. The van der Waals surface area contributed by atoms with Crippen molar-refractivity contribution < 1.29 is 0 Å². The van der Waals surface area contributed by atoms with Crippen LogP contribution in [0.25, 0.3) is 22.3 Å². The molecule has 0 saturated heterocycles. The first-order valence-electron chi connectivity index (χ1n) is 10.3. The summed E-state index contributed by atoms with van der Waals surface area (Å²) in [5.74, 6) is 1.58. The molecule has 0 saturated carbocycles. The molecule has 4 rings (SSSR count). The van der Waals surface area contributed by atoms with Crippen LogP contribution in [0, 0.1) is 13.8 Å². The summed E-state index contributed by atoms with van der Waals surface area (Å²) in [6.07, 6.45) is 3.55. The average Bonchev–Trinajstić information content (AvgIpc) is 2.75. The highest BCUT2D eigenvalue weighted by atomic mass is 15.0. The molecule has 3 heteroatoms. The molecular formula is C26H27N3. The van der Waals surface area contributed by atoms with Crippen molar-refractivity contribution in [1.29, 1.82) is 0 Å². The van der Waals surface area contributed by atoms with Gasteiger partial charge in [0.15, 0.2) is 5.82 Å². The molecule has 0 bridgehead atoms. The van der Waals surface area contributed by atoms with Crippen molar-refractivity contribution in [3.8, 4) is 11.4 Å². The molecule has 3 aromatic carbocycles. The van der Waals surface area contributed by atoms with Crippen LogP contribution in [0.4, 0.5) is 11.5 Å². The van der Waals surface area contributed by atoms with Gasteiger partial charge in [-0.3, -0.25) is 0 Å². The van der Waals surface area contributed by atoms with Gasteiger partial charge < -0.3 is 5.32 Å². The molecule has 4 aromatic rings. The van der Waals surface area contributed by atoms with Crippen LogP contribution < -0.4 is 5.32 Å². The van der Waals surface area contributed by atoms with E-state index in [1.54, 1.807) is 0 Å². The van der Waals surface area contributed by atoms with Gasteiger partial charge in [-0.15, -0.1) is 0 Å². The van der Waals surface area contributed by atoms with Gasteiger partial charge in [0.2, 0.25) is 0 Å². The van der Waals surface area contributed by atoms with Crippen molar-refractivity contribution in [3.05, 3.63) is 83.4 Å². The fourth-order valence-electron chi connectivity index (χ4n) is 3.46. The van der Waals surface area contributed by atoms with Crippen molar-refractivity contribution in [2.24, 2.45) is 0 Å². The largest absolute Gasteiger partial charge is 0.340 e. The summed E-state index contributed by atoms with van der Waals surface area (Å²) in [6, 6.07) is 23.2. The van der Waals surface area contributed by atoms with E-state index in [9.17, 15) is 0 Å². The standard InChI is InChI=1S/C26H27N3/c1-4-5-8-20-12-14-21(15-13-20)25-28-24-10-7-6-9-23(24)26(29-25)27-22-16-11-18(2)19(3)17-22/h6-7,9-17H,4-5,8H2,1-3H3,(H,27,28,29). The lowest BCUT2D eigenvalue weighted by Gasteiger charge is -2.12. The van der Waals surface area contributed by atoms with Crippen molar-refractivity contribution >= 4 is 22.4 Å². The van der Waals surface area contributed by atoms with E-state index in [1.165, 1.54) is 29.5 Å². The second kappa shape index (κ2) is 8.44. The Bertz CT molecular complexity index is 1130. The first-order valence-corrected chi connectivity index (χ1v) is 10.3. The topological polar surface area (TPSA) is 37.8 Å². The summed E-state index contributed by atoms with van der Waals surface area (Å²) < 4.78 is 0. The zero-order valence-electron chi connectivity index (χ0n) is 17.4. The van der Waals surface area contributed by atoms with Gasteiger partial charge in [0.05, 0.1) is 5.52 Å². The number of aryl methyl sites for hydroxylation is 3. The minimum absolute atomic E-state index is 0.747. The highest BCUT2D eigenvalue weighted by molar-refractivity contribution is 5.92. The zero-order chi connectivity index (χ0) is 20.2. The van der Waals surface area contributed by atoms with Crippen LogP contribution in [0.5, 0.6) is 0 Å². The molecule has 0 aliphatic rings. The Morgan fingerprint density at radius 2 is 1.62 bits per heavy atom. The van der Waals surface area contributed by atoms with E-state index < -0.39 is 0 Å². The molecule has 1 aromatic heterocycles. The van der Waals surface area contributed by atoms with Crippen molar-refractivity contribution in [1.82, 2.24) is 9.97 Å². The summed E-state index contributed by atoms with van der Waals surface area (Å²) in [5.41, 5.74) is 6.93. The summed E-state index contributed by atoms with van der Waals surface area (Å²) >= 11 is 0. The normalized spacial score (nSPS) is 11.0. The Morgan fingerprint density at radius 1 is 0.828 bits per heavy atom. The van der Waals surface area contributed by atoms with Gasteiger partial charge >= 0.3 is 0 Å². The van der Waals surface area contributed by atoms with E-state index in [2.05, 4.69) is 74.6 Å². The molecule has 0 radical (unpaired) electrons. The van der Waals surface area contributed by atoms with Crippen molar-refractivity contribution in [2.45, 2.75) is 40.0 Å². The molecule has 1 N–H and O–H groups in total. The smallest absolute Gasteiger partial charge is 0.162 e. The first-order chi connectivity index (χ1) is 14.1. The van der Waals surface area contributed by atoms with Crippen molar-refractivity contribution in [3.63, 3.8) is 0 Å². The van der Waals surface area contributed by atoms with Gasteiger partial charge in [-0.1, -0.05) is 55.8 Å². The Kier molecular flexibility index (Phi) is 5.57. The van der Waals surface area contributed by atoms with Crippen LogP contribution in [0.2, 0.25) is 0 Å². The molecule has 0 spiro atoms. The number of fused-ring (bicyclic) bond motifs is 1. The molecule has 0 fully saturated rings. The maximum atomic E-state index is 4.89. The lowest BCUT2D eigenvalue weighted by molar-refractivity contribution is 0.795. The van der Waals surface area contributed by atoms with E-state index in [4.69, 9.17) is 9.97 Å². The minimum atomic E-state index is 0.747. The summed E-state index contributed by atoms with van der Waals surface area (Å²) in [6.45, 7) is 6.48. The Hall–Kier alpha value is -3.20. The van der Waals surface area contributed by atoms with Crippen LogP contribution in [-0.2, 0) is 6.42 Å². The van der Waals surface area contributed by atoms with Crippen LogP contribution in [0.3, 0.4) is 0 Å². The van der Waals surface area contributed by atoms with Crippen LogP contribution in [0.15, 0.2) is 66.7 Å². The molecule has 0 amide bonds. The quantitative estimate of drug-likeness (QED) is 0.391. The lowest BCUT2D eigenvalue weighted by Crippen LogP contribution is -2.00. The van der Waals surface area contributed by atoms with Crippen LogP contribution in [0.1, 0.15) is 36.5 Å². The number of benzene rings is 3. The summed E-state index contributed by atoms with van der Waals surface area (Å²) in [4.78, 5) is 9.71. The summed E-state index contributed by atoms with van der Waals surface area (Å²) in [7, 11) is 0. The van der Waals surface area contributed by atoms with E-state index in [0.29, 0.717) is 0 Å². The number of rotatable bonds is 6. The Morgan fingerprint density at radius 3 is 2.38 bits per heavy atom. The van der Waals surface area contributed by atoms with Gasteiger partial charge in [-0.05, 0) is 67.6 Å². The molecule has 0 atom stereocenters. The predicted molar refractivity (Wildman–Crippen MR) is 123 cm³/mol. The van der Waals surface area contributed by atoms with Gasteiger partial charge in [-0.2, -0.15) is 0 Å². The molecule has 0 aliphatic heterocycles. The van der Waals surface area contributed by atoms with Crippen LogP contribution in [-0.4, -0.2) is 9.97 Å². The Labute approximate surface area is 172 Å². The molecule has 0 aliphatic carbocycles. The Balaban J connectivity index is 1.73. The number of unbranched alkanes of at least 4 members (excludes halogenated alkanes) is 1. The SMILES string of the molecule is CCCCc1ccc(-c2nc(Nc3ccc(C)c(C)c3)c3ccccc3n2)cc1. The summed E-state index contributed by atoms with van der Waals surface area (Å²) in [5, 5.41) is 4.54. The van der Waals surface area contributed by atoms with Crippen molar-refractivity contribution in [2.75, 3.05) is 5.32 Å². The van der Waals surface area contributed by atoms with Gasteiger partial charge in [0.1, 0.15) is 5.82 Å². The second-order valence-corrected chi connectivity index (χ2v) is 7.64.